The smallest absolute Gasteiger partial charge is 0.191 e. The highest BCUT2D eigenvalue weighted by Gasteiger charge is 2.15. The molecule has 2 fully saturated rings. The van der Waals surface area contributed by atoms with Gasteiger partial charge in [-0.15, -0.1) is 0 Å². The van der Waals surface area contributed by atoms with E-state index in [1.54, 1.807) is 0 Å². The van der Waals surface area contributed by atoms with E-state index in [-0.39, 0.29) is 0 Å². The van der Waals surface area contributed by atoms with Crippen molar-refractivity contribution in [1.82, 2.24) is 15.5 Å². The van der Waals surface area contributed by atoms with Crippen molar-refractivity contribution in [3.05, 3.63) is 0 Å². The number of nitrogens with one attached hydrogen (secondary N) is 2. The van der Waals surface area contributed by atoms with Crippen molar-refractivity contribution in [2.75, 3.05) is 65.7 Å². The summed E-state index contributed by atoms with van der Waals surface area (Å²) in [6.45, 7) is 14.3. The molecule has 6 nitrogen and oxygen atoms in total. The molecule has 0 spiro atoms. The van der Waals surface area contributed by atoms with Crippen LogP contribution in [0.25, 0.3) is 0 Å². The Morgan fingerprint density at radius 1 is 1.23 bits per heavy atom. The van der Waals surface area contributed by atoms with Crippen LogP contribution in [-0.4, -0.2) is 76.6 Å². The second-order valence-corrected chi connectivity index (χ2v) is 7.74. The first-order valence-corrected chi connectivity index (χ1v) is 10.7. The van der Waals surface area contributed by atoms with Crippen LogP contribution in [-0.2, 0) is 9.47 Å². The first-order chi connectivity index (χ1) is 12.8. The maximum atomic E-state index is 5.83. The van der Waals surface area contributed by atoms with Crippen molar-refractivity contribution < 1.29 is 9.47 Å². The van der Waals surface area contributed by atoms with Crippen molar-refractivity contribution in [3.8, 4) is 0 Å². The molecule has 0 aromatic carbocycles. The van der Waals surface area contributed by atoms with E-state index >= 15 is 0 Å². The van der Waals surface area contributed by atoms with Gasteiger partial charge in [0.1, 0.15) is 0 Å². The summed E-state index contributed by atoms with van der Waals surface area (Å²) in [7, 11) is 0. The van der Waals surface area contributed by atoms with Gasteiger partial charge in [-0.2, -0.15) is 0 Å². The molecule has 1 atom stereocenters. The van der Waals surface area contributed by atoms with Gasteiger partial charge in [-0.05, 0) is 64.0 Å². The fourth-order valence-corrected chi connectivity index (χ4v) is 3.60. The number of ether oxygens (including phenoxy) is 2. The number of hydrogen-bond acceptors (Lipinski definition) is 4. The highest BCUT2D eigenvalue weighted by molar-refractivity contribution is 5.79. The van der Waals surface area contributed by atoms with Crippen LogP contribution in [0.15, 0.2) is 4.99 Å². The molecule has 0 aliphatic carbocycles. The Morgan fingerprint density at radius 2 is 2.00 bits per heavy atom. The Hall–Kier alpha value is -0.850. The molecule has 26 heavy (non-hydrogen) atoms. The predicted molar refractivity (Wildman–Crippen MR) is 108 cm³/mol. The normalized spacial score (nSPS) is 21.1. The zero-order valence-corrected chi connectivity index (χ0v) is 17.0. The summed E-state index contributed by atoms with van der Waals surface area (Å²) in [5.74, 6) is 2.23. The van der Waals surface area contributed by atoms with Crippen molar-refractivity contribution in [3.63, 3.8) is 0 Å². The van der Waals surface area contributed by atoms with Gasteiger partial charge in [0.05, 0.1) is 0 Å². The Labute approximate surface area is 160 Å². The monoisotopic (exact) mass is 368 g/mol. The highest BCUT2D eigenvalue weighted by Crippen LogP contribution is 2.14. The topological polar surface area (TPSA) is 58.1 Å². The van der Waals surface area contributed by atoms with Crippen molar-refractivity contribution in [2.24, 2.45) is 16.8 Å². The van der Waals surface area contributed by atoms with Crippen molar-refractivity contribution in [1.29, 1.82) is 0 Å². The molecule has 0 bridgehead atoms. The number of likely N-dealkylation sites (tertiary alicyclic amines) is 1. The zero-order valence-electron chi connectivity index (χ0n) is 17.0. The average Bonchev–Trinajstić information content (AvgIpc) is 3.16. The lowest BCUT2D eigenvalue weighted by atomic mass is 10.0. The third-order valence-electron chi connectivity index (χ3n) is 5.13. The highest BCUT2D eigenvalue weighted by atomic mass is 16.5. The lowest BCUT2D eigenvalue weighted by Crippen LogP contribution is -2.38. The molecular formula is C20H40N4O2. The molecule has 2 saturated heterocycles. The molecule has 0 aromatic heterocycles. The van der Waals surface area contributed by atoms with Crippen LogP contribution in [0.3, 0.4) is 0 Å². The van der Waals surface area contributed by atoms with E-state index in [1.165, 1.54) is 32.5 Å². The largest absolute Gasteiger partial charge is 0.381 e. The summed E-state index contributed by atoms with van der Waals surface area (Å²) in [6, 6.07) is 0. The Morgan fingerprint density at radius 3 is 2.73 bits per heavy atom. The van der Waals surface area contributed by atoms with Gasteiger partial charge in [0.2, 0.25) is 0 Å². The second kappa shape index (κ2) is 13.3. The SMILES string of the molecule is CCNC(=NCC(C)CN1CCCC1)NCCCOCC1CCOCC1. The number of rotatable bonds is 11. The van der Waals surface area contributed by atoms with Gasteiger partial charge in [0, 0.05) is 52.6 Å². The van der Waals surface area contributed by atoms with Crippen LogP contribution in [0.4, 0.5) is 0 Å². The standard InChI is InChI=1S/C20H40N4O2/c1-3-21-20(23-15-18(2)16-24-10-4-5-11-24)22-9-6-12-26-17-19-7-13-25-14-8-19/h18-19H,3-17H2,1-2H3,(H2,21,22,23). The molecule has 2 rings (SSSR count). The fourth-order valence-electron chi connectivity index (χ4n) is 3.60. The molecular weight excluding hydrogens is 328 g/mol. The minimum Gasteiger partial charge on any atom is -0.381 e. The lowest BCUT2D eigenvalue weighted by molar-refractivity contribution is 0.0203. The molecule has 0 aromatic rings. The molecule has 2 aliphatic rings. The molecule has 0 saturated carbocycles. The van der Waals surface area contributed by atoms with E-state index in [1.807, 2.05) is 0 Å². The van der Waals surface area contributed by atoms with Crippen LogP contribution in [0.1, 0.15) is 46.0 Å². The van der Waals surface area contributed by atoms with E-state index in [4.69, 9.17) is 14.5 Å². The molecule has 2 N–H and O–H groups in total. The maximum absolute atomic E-state index is 5.83. The number of guanidine groups is 1. The lowest BCUT2D eigenvalue weighted by Gasteiger charge is -2.21. The molecule has 0 amide bonds. The molecule has 152 valence electrons. The summed E-state index contributed by atoms with van der Waals surface area (Å²) in [6.07, 6.45) is 6.01. The summed E-state index contributed by atoms with van der Waals surface area (Å²) in [5.41, 5.74) is 0. The molecule has 1 unspecified atom stereocenters. The number of hydrogen-bond donors (Lipinski definition) is 2. The van der Waals surface area contributed by atoms with Gasteiger partial charge in [0.15, 0.2) is 5.96 Å². The van der Waals surface area contributed by atoms with Crippen molar-refractivity contribution >= 4 is 5.96 Å². The molecule has 2 aliphatic heterocycles. The van der Waals surface area contributed by atoms with Gasteiger partial charge in [-0.25, -0.2) is 0 Å². The Balaban J connectivity index is 1.54. The van der Waals surface area contributed by atoms with E-state index < -0.39 is 0 Å². The minimum absolute atomic E-state index is 0.603. The van der Waals surface area contributed by atoms with Gasteiger partial charge in [-0.3, -0.25) is 4.99 Å². The quantitative estimate of drug-likeness (QED) is 0.332. The van der Waals surface area contributed by atoms with Crippen LogP contribution in [0.2, 0.25) is 0 Å². The van der Waals surface area contributed by atoms with Crippen LogP contribution in [0, 0.1) is 11.8 Å². The number of nitrogens with zero attached hydrogens (tertiary/aromatic N) is 2. The Bertz CT molecular complexity index is 380. The van der Waals surface area contributed by atoms with Crippen LogP contribution >= 0.6 is 0 Å². The minimum atomic E-state index is 0.603. The van der Waals surface area contributed by atoms with Crippen LogP contribution < -0.4 is 10.6 Å². The first kappa shape index (κ1) is 21.5. The van der Waals surface area contributed by atoms with Crippen LogP contribution in [0.5, 0.6) is 0 Å². The van der Waals surface area contributed by atoms with E-state index in [9.17, 15) is 0 Å². The van der Waals surface area contributed by atoms with E-state index in [2.05, 4.69) is 29.4 Å². The second-order valence-electron chi connectivity index (χ2n) is 7.74. The summed E-state index contributed by atoms with van der Waals surface area (Å²) < 4.78 is 11.2. The summed E-state index contributed by atoms with van der Waals surface area (Å²) in [5, 5.41) is 6.78. The zero-order chi connectivity index (χ0) is 18.5. The molecule has 6 heteroatoms. The molecule has 0 radical (unpaired) electrons. The first-order valence-electron chi connectivity index (χ1n) is 10.7. The molecule has 2 heterocycles. The fraction of sp³-hybridized carbons (Fsp3) is 0.950. The van der Waals surface area contributed by atoms with E-state index in [0.29, 0.717) is 11.8 Å². The third-order valence-corrected chi connectivity index (χ3v) is 5.13. The van der Waals surface area contributed by atoms with Gasteiger partial charge >= 0.3 is 0 Å². The maximum Gasteiger partial charge on any atom is 0.191 e. The predicted octanol–water partition coefficient (Wildman–Crippen LogP) is 2.11. The summed E-state index contributed by atoms with van der Waals surface area (Å²) >= 11 is 0. The summed E-state index contributed by atoms with van der Waals surface area (Å²) in [4.78, 5) is 7.33. The Kier molecular flexibility index (Phi) is 11.0. The van der Waals surface area contributed by atoms with Crippen molar-refractivity contribution in [2.45, 2.75) is 46.0 Å². The van der Waals surface area contributed by atoms with Gasteiger partial charge < -0.3 is 25.0 Å². The van der Waals surface area contributed by atoms with E-state index in [0.717, 1.165) is 71.3 Å². The van der Waals surface area contributed by atoms with Gasteiger partial charge in [-0.1, -0.05) is 6.92 Å². The third kappa shape index (κ3) is 9.19. The van der Waals surface area contributed by atoms with Gasteiger partial charge in [0.25, 0.3) is 0 Å². The average molecular weight is 369 g/mol. The number of aliphatic imine (C=N–C) groups is 1.